The van der Waals surface area contributed by atoms with E-state index in [1.54, 1.807) is 0 Å². The summed E-state index contributed by atoms with van der Waals surface area (Å²) in [6.45, 7) is 6.81. The van der Waals surface area contributed by atoms with E-state index in [1.807, 2.05) is 4.90 Å². The van der Waals surface area contributed by atoms with E-state index in [-0.39, 0.29) is 19.2 Å². The number of nitrogens with one attached hydrogen (secondary N) is 1. The first kappa shape index (κ1) is 17.2. The number of aliphatic hydroxyl groups excluding tert-OH is 2. The molecule has 1 rings (SSSR count). The van der Waals surface area contributed by atoms with Crippen molar-refractivity contribution < 1.29 is 15.0 Å². The molecule has 0 bridgehead atoms. The lowest BCUT2D eigenvalue weighted by atomic mass is 9.94. The SMILES string of the molecule is CC(C)CC(CCO)CNC(=O)N1CCC(CO)CC1. The smallest absolute Gasteiger partial charge is 0.317 e. The van der Waals surface area contributed by atoms with Crippen LogP contribution in [0.4, 0.5) is 4.79 Å². The van der Waals surface area contributed by atoms with E-state index >= 15 is 0 Å². The van der Waals surface area contributed by atoms with Gasteiger partial charge in [-0.3, -0.25) is 0 Å². The molecule has 2 amide bonds. The Morgan fingerprint density at radius 3 is 2.45 bits per heavy atom. The lowest BCUT2D eigenvalue weighted by molar-refractivity contribution is 0.136. The number of rotatable bonds is 7. The summed E-state index contributed by atoms with van der Waals surface area (Å²) in [5.74, 6) is 1.27. The van der Waals surface area contributed by atoms with Crippen LogP contribution in [0.2, 0.25) is 0 Å². The van der Waals surface area contributed by atoms with Crippen LogP contribution < -0.4 is 5.32 Å². The maximum atomic E-state index is 12.1. The molecule has 1 aliphatic rings. The van der Waals surface area contributed by atoms with Crippen LogP contribution in [-0.4, -0.2) is 54.0 Å². The Kier molecular flexibility index (Phi) is 7.92. The van der Waals surface area contributed by atoms with E-state index in [9.17, 15) is 4.79 Å². The number of urea groups is 1. The van der Waals surface area contributed by atoms with Crippen LogP contribution >= 0.6 is 0 Å². The molecule has 0 aromatic rings. The monoisotopic (exact) mass is 286 g/mol. The zero-order valence-corrected chi connectivity index (χ0v) is 12.8. The summed E-state index contributed by atoms with van der Waals surface area (Å²) in [5.41, 5.74) is 0. The fourth-order valence-electron chi connectivity index (χ4n) is 2.81. The summed E-state index contributed by atoms with van der Waals surface area (Å²) in [6.07, 6.45) is 3.53. The van der Waals surface area contributed by atoms with Gasteiger partial charge in [0.15, 0.2) is 0 Å². The third kappa shape index (κ3) is 6.09. The summed E-state index contributed by atoms with van der Waals surface area (Å²) in [4.78, 5) is 13.9. The molecule has 1 saturated heterocycles. The predicted octanol–water partition coefficient (Wildman–Crippen LogP) is 1.44. The summed E-state index contributed by atoms with van der Waals surface area (Å²) in [6, 6.07) is -0.00640. The van der Waals surface area contributed by atoms with Gasteiger partial charge in [0, 0.05) is 32.8 Å². The summed E-state index contributed by atoms with van der Waals surface area (Å²) in [5, 5.41) is 21.2. The van der Waals surface area contributed by atoms with Crippen LogP contribution in [0.15, 0.2) is 0 Å². The minimum absolute atomic E-state index is 0.00640. The lowest BCUT2D eigenvalue weighted by Crippen LogP contribution is -2.46. The van der Waals surface area contributed by atoms with Gasteiger partial charge in [-0.25, -0.2) is 4.79 Å². The van der Waals surface area contributed by atoms with Crippen molar-refractivity contribution in [2.75, 3.05) is 32.8 Å². The zero-order valence-electron chi connectivity index (χ0n) is 12.8. The number of carbonyl (C=O) groups excluding carboxylic acids is 1. The Hall–Kier alpha value is -0.810. The summed E-state index contributed by atoms with van der Waals surface area (Å²) in [7, 11) is 0. The first-order valence-corrected chi connectivity index (χ1v) is 7.81. The second-order valence-electron chi connectivity index (χ2n) is 6.31. The topological polar surface area (TPSA) is 72.8 Å². The Labute approximate surface area is 122 Å². The van der Waals surface area contributed by atoms with Crippen molar-refractivity contribution in [3.63, 3.8) is 0 Å². The fourth-order valence-corrected chi connectivity index (χ4v) is 2.81. The van der Waals surface area contributed by atoms with Crippen LogP contribution in [0.1, 0.15) is 39.5 Å². The van der Waals surface area contributed by atoms with E-state index in [1.165, 1.54) is 0 Å². The standard InChI is InChI=1S/C15H30N2O3/c1-12(2)9-14(5-8-18)10-16-15(20)17-6-3-13(11-19)4-7-17/h12-14,18-19H,3-11H2,1-2H3,(H,16,20). The molecule has 1 heterocycles. The number of piperidine rings is 1. The van der Waals surface area contributed by atoms with Gasteiger partial charge in [0.2, 0.25) is 0 Å². The van der Waals surface area contributed by atoms with Gasteiger partial charge < -0.3 is 20.4 Å². The van der Waals surface area contributed by atoms with E-state index in [4.69, 9.17) is 10.2 Å². The van der Waals surface area contributed by atoms with Crippen LogP contribution in [0, 0.1) is 17.8 Å². The van der Waals surface area contributed by atoms with Crippen LogP contribution in [0.5, 0.6) is 0 Å². The molecule has 0 aromatic heterocycles. The number of likely N-dealkylation sites (tertiary alicyclic amines) is 1. The van der Waals surface area contributed by atoms with Crippen molar-refractivity contribution in [1.29, 1.82) is 0 Å². The zero-order chi connectivity index (χ0) is 15.0. The molecule has 0 radical (unpaired) electrons. The lowest BCUT2D eigenvalue weighted by Gasteiger charge is -2.31. The molecule has 5 nitrogen and oxygen atoms in total. The normalized spacial score (nSPS) is 18.4. The highest BCUT2D eigenvalue weighted by Crippen LogP contribution is 2.17. The number of nitrogens with zero attached hydrogens (tertiary/aromatic N) is 1. The Balaban J connectivity index is 2.30. The molecular weight excluding hydrogens is 256 g/mol. The maximum absolute atomic E-state index is 12.1. The molecule has 1 aliphatic heterocycles. The van der Waals surface area contributed by atoms with Crippen molar-refractivity contribution in [3.8, 4) is 0 Å². The number of amides is 2. The van der Waals surface area contributed by atoms with Crippen molar-refractivity contribution in [1.82, 2.24) is 10.2 Å². The van der Waals surface area contributed by atoms with Gasteiger partial charge in [-0.1, -0.05) is 13.8 Å². The third-order valence-electron chi connectivity index (χ3n) is 4.04. The van der Waals surface area contributed by atoms with E-state index in [0.29, 0.717) is 24.3 Å². The summed E-state index contributed by atoms with van der Waals surface area (Å²) >= 11 is 0. The van der Waals surface area contributed by atoms with E-state index in [2.05, 4.69) is 19.2 Å². The second-order valence-corrected chi connectivity index (χ2v) is 6.31. The van der Waals surface area contributed by atoms with Crippen molar-refractivity contribution in [2.24, 2.45) is 17.8 Å². The van der Waals surface area contributed by atoms with E-state index in [0.717, 1.165) is 38.8 Å². The minimum Gasteiger partial charge on any atom is -0.396 e. The van der Waals surface area contributed by atoms with Gasteiger partial charge in [0.25, 0.3) is 0 Å². The molecule has 0 aliphatic carbocycles. The van der Waals surface area contributed by atoms with Gasteiger partial charge in [-0.15, -0.1) is 0 Å². The molecule has 0 saturated carbocycles. The number of carbonyl (C=O) groups is 1. The minimum atomic E-state index is -0.00640. The van der Waals surface area contributed by atoms with Crippen LogP contribution in [-0.2, 0) is 0 Å². The molecule has 3 N–H and O–H groups in total. The van der Waals surface area contributed by atoms with Crippen molar-refractivity contribution in [2.45, 2.75) is 39.5 Å². The van der Waals surface area contributed by atoms with Crippen LogP contribution in [0.3, 0.4) is 0 Å². The highest BCUT2D eigenvalue weighted by molar-refractivity contribution is 5.74. The van der Waals surface area contributed by atoms with Crippen LogP contribution in [0.25, 0.3) is 0 Å². The van der Waals surface area contributed by atoms with Gasteiger partial charge in [0.1, 0.15) is 0 Å². The average Bonchev–Trinajstić information content (AvgIpc) is 2.44. The van der Waals surface area contributed by atoms with Gasteiger partial charge >= 0.3 is 6.03 Å². The third-order valence-corrected chi connectivity index (χ3v) is 4.04. The maximum Gasteiger partial charge on any atom is 0.317 e. The number of hydrogen-bond acceptors (Lipinski definition) is 3. The first-order chi connectivity index (χ1) is 9.56. The predicted molar refractivity (Wildman–Crippen MR) is 79.4 cm³/mol. The van der Waals surface area contributed by atoms with E-state index < -0.39 is 0 Å². The average molecular weight is 286 g/mol. The molecule has 1 atom stereocenters. The highest BCUT2D eigenvalue weighted by atomic mass is 16.3. The summed E-state index contributed by atoms with van der Waals surface area (Å²) < 4.78 is 0. The van der Waals surface area contributed by atoms with Crippen molar-refractivity contribution in [3.05, 3.63) is 0 Å². The molecule has 0 aromatic carbocycles. The highest BCUT2D eigenvalue weighted by Gasteiger charge is 2.22. The molecule has 118 valence electrons. The molecule has 1 fully saturated rings. The molecule has 0 spiro atoms. The largest absolute Gasteiger partial charge is 0.396 e. The Bertz CT molecular complexity index is 276. The number of aliphatic hydroxyl groups is 2. The van der Waals surface area contributed by atoms with Crippen molar-refractivity contribution >= 4 is 6.03 Å². The fraction of sp³-hybridized carbons (Fsp3) is 0.933. The Morgan fingerprint density at radius 1 is 1.30 bits per heavy atom. The second kappa shape index (κ2) is 9.19. The van der Waals surface area contributed by atoms with Gasteiger partial charge in [-0.2, -0.15) is 0 Å². The quantitative estimate of drug-likeness (QED) is 0.663. The Morgan fingerprint density at radius 2 is 1.95 bits per heavy atom. The first-order valence-electron chi connectivity index (χ1n) is 7.81. The number of hydrogen-bond donors (Lipinski definition) is 3. The van der Waals surface area contributed by atoms with Gasteiger partial charge in [-0.05, 0) is 43.4 Å². The molecule has 20 heavy (non-hydrogen) atoms. The molecular formula is C15H30N2O3. The molecule has 1 unspecified atom stereocenters. The van der Waals surface area contributed by atoms with Gasteiger partial charge in [0.05, 0.1) is 0 Å². The molecule has 5 heteroatoms.